The average molecular weight is 386 g/mol. The number of anilines is 1. The average Bonchev–Trinajstić information content (AvgIpc) is 3.37. The molecule has 28 heavy (non-hydrogen) atoms. The van der Waals surface area contributed by atoms with Crippen LogP contribution in [0.25, 0.3) is 0 Å². The number of carbonyl (C=O) groups is 3. The van der Waals surface area contributed by atoms with Crippen LogP contribution in [0, 0.1) is 10.1 Å². The van der Waals surface area contributed by atoms with Crippen LogP contribution in [0.5, 0.6) is 0 Å². The molecule has 1 heterocycles. The van der Waals surface area contributed by atoms with E-state index in [1.165, 1.54) is 22.8 Å². The van der Waals surface area contributed by atoms with Gasteiger partial charge < -0.3 is 14.6 Å². The van der Waals surface area contributed by atoms with Crippen molar-refractivity contribution in [3.8, 4) is 0 Å². The van der Waals surface area contributed by atoms with Gasteiger partial charge in [0, 0.05) is 25.4 Å². The Hall–Kier alpha value is -3.69. The minimum absolute atomic E-state index is 0.0605. The summed E-state index contributed by atoms with van der Waals surface area (Å²) in [6, 6.07) is 7.31. The Bertz CT molecular complexity index is 947. The standard InChI is InChI=1S/C18H18N4O6/c1-21-8-2-3-14(21)17(24)20-16(23)10-28-18(25)11-4-7-13(19-12-5-6-12)15(9-11)22(26)27/h2-4,7-9,12,19H,5-6,10H2,1H3,(H,20,23,24). The number of ether oxygens (including phenoxy) is 1. The Labute approximate surface area is 159 Å². The molecule has 2 amide bonds. The van der Waals surface area contributed by atoms with Crippen molar-refractivity contribution in [1.29, 1.82) is 0 Å². The van der Waals surface area contributed by atoms with E-state index in [9.17, 15) is 24.5 Å². The molecule has 0 atom stereocenters. The van der Waals surface area contributed by atoms with E-state index < -0.39 is 29.3 Å². The van der Waals surface area contributed by atoms with Crippen molar-refractivity contribution in [2.24, 2.45) is 7.05 Å². The number of benzene rings is 1. The van der Waals surface area contributed by atoms with Crippen molar-refractivity contribution in [1.82, 2.24) is 9.88 Å². The molecule has 1 fully saturated rings. The molecule has 10 nitrogen and oxygen atoms in total. The Morgan fingerprint density at radius 1 is 1.29 bits per heavy atom. The molecule has 0 saturated heterocycles. The number of carbonyl (C=O) groups excluding carboxylic acids is 3. The third-order valence-corrected chi connectivity index (χ3v) is 4.13. The summed E-state index contributed by atoms with van der Waals surface area (Å²) in [5.74, 6) is -2.33. The minimum atomic E-state index is -0.900. The van der Waals surface area contributed by atoms with Gasteiger partial charge in [0.15, 0.2) is 6.61 Å². The maximum atomic E-state index is 12.1. The molecule has 1 aromatic carbocycles. The molecule has 0 spiro atoms. The van der Waals surface area contributed by atoms with Crippen molar-refractivity contribution in [3.05, 3.63) is 57.9 Å². The quantitative estimate of drug-likeness (QED) is 0.420. The van der Waals surface area contributed by atoms with Gasteiger partial charge in [-0.15, -0.1) is 0 Å². The Balaban J connectivity index is 1.58. The summed E-state index contributed by atoms with van der Waals surface area (Å²) in [6.07, 6.45) is 3.53. The molecule has 146 valence electrons. The van der Waals surface area contributed by atoms with Gasteiger partial charge >= 0.3 is 5.97 Å². The van der Waals surface area contributed by atoms with Crippen molar-refractivity contribution in [2.45, 2.75) is 18.9 Å². The van der Waals surface area contributed by atoms with Gasteiger partial charge in [-0.1, -0.05) is 0 Å². The fraction of sp³-hybridized carbons (Fsp3) is 0.278. The Morgan fingerprint density at radius 2 is 2.04 bits per heavy atom. The van der Waals surface area contributed by atoms with E-state index in [1.54, 1.807) is 19.3 Å². The van der Waals surface area contributed by atoms with E-state index in [1.807, 2.05) is 0 Å². The lowest BCUT2D eigenvalue weighted by atomic mass is 10.1. The van der Waals surface area contributed by atoms with Crippen LogP contribution in [0.1, 0.15) is 33.7 Å². The number of imide groups is 1. The molecular formula is C18H18N4O6. The number of hydrogen-bond donors (Lipinski definition) is 2. The number of nitrogens with zero attached hydrogens (tertiary/aromatic N) is 2. The van der Waals surface area contributed by atoms with Gasteiger partial charge in [-0.25, -0.2) is 4.79 Å². The molecule has 1 aliphatic carbocycles. The van der Waals surface area contributed by atoms with E-state index in [-0.39, 0.29) is 23.0 Å². The van der Waals surface area contributed by atoms with Gasteiger partial charge in [-0.2, -0.15) is 0 Å². The Morgan fingerprint density at radius 3 is 2.64 bits per heavy atom. The molecule has 1 aromatic heterocycles. The fourth-order valence-electron chi connectivity index (χ4n) is 2.52. The number of esters is 1. The van der Waals surface area contributed by atoms with Gasteiger partial charge in [-0.05, 0) is 37.1 Å². The highest BCUT2D eigenvalue weighted by Gasteiger charge is 2.26. The first-order valence-electron chi connectivity index (χ1n) is 8.53. The third kappa shape index (κ3) is 4.53. The third-order valence-electron chi connectivity index (χ3n) is 4.13. The van der Waals surface area contributed by atoms with Gasteiger partial charge in [0.2, 0.25) is 0 Å². The highest BCUT2D eigenvalue weighted by molar-refractivity contribution is 6.04. The number of hydrogen-bond acceptors (Lipinski definition) is 7. The molecule has 0 bridgehead atoms. The fourth-order valence-corrected chi connectivity index (χ4v) is 2.52. The lowest BCUT2D eigenvalue weighted by Gasteiger charge is -2.08. The molecule has 10 heteroatoms. The van der Waals surface area contributed by atoms with E-state index in [0.717, 1.165) is 18.9 Å². The zero-order chi connectivity index (χ0) is 20.3. The topological polar surface area (TPSA) is 133 Å². The van der Waals surface area contributed by atoms with Crippen LogP contribution in [0.2, 0.25) is 0 Å². The van der Waals surface area contributed by atoms with Gasteiger partial charge in [-0.3, -0.25) is 25.0 Å². The number of aromatic nitrogens is 1. The lowest BCUT2D eigenvalue weighted by Crippen LogP contribution is -2.35. The number of rotatable bonds is 7. The second-order valence-corrected chi connectivity index (χ2v) is 6.37. The molecule has 1 aliphatic rings. The van der Waals surface area contributed by atoms with Crippen LogP contribution < -0.4 is 10.6 Å². The normalized spacial score (nSPS) is 12.9. The first-order chi connectivity index (χ1) is 13.3. The zero-order valence-corrected chi connectivity index (χ0v) is 15.0. The lowest BCUT2D eigenvalue weighted by molar-refractivity contribution is -0.384. The summed E-state index contributed by atoms with van der Waals surface area (Å²) in [4.78, 5) is 46.5. The molecule has 0 radical (unpaired) electrons. The summed E-state index contributed by atoms with van der Waals surface area (Å²) >= 11 is 0. The molecule has 0 aliphatic heterocycles. The number of aryl methyl sites for hydroxylation is 1. The summed E-state index contributed by atoms with van der Waals surface area (Å²) in [5, 5.41) is 16.4. The number of nitro benzene ring substituents is 1. The van der Waals surface area contributed by atoms with Crippen LogP contribution in [-0.4, -0.2) is 39.9 Å². The van der Waals surface area contributed by atoms with Crippen LogP contribution in [0.4, 0.5) is 11.4 Å². The first-order valence-corrected chi connectivity index (χ1v) is 8.53. The van der Waals surface area contributed by atoms with Crippen molar-refractivity contribution in [3.63, 3.8) is 0 Å². The van der Waals surface area contributed by atoms with Crippen LogP contribution in [0.15, 0.2) is 36.5 Å². The summed E-state index contributed by atoms with van der Waals surface area (Å²) in [5.41, 5.74) is 0.295. The van der Waals surface area contributed by atoms with E-state index in [2.05, 4.69) is 10.6 Å². The maximum absolute atomic E-state index is 12.1. The SMILES string of the molecule is Cn1cccc1C(=O)NC(=O)COC(=O)c1ccc(NC2CC2)c([N+](=O)[O-])c1. The summed E-state index contributed by atoms with van der Waals surface area (Å²) in [6.45, 7) is -0.690. The first kappa shape index (κ1) is 19.1. The largest absolute Gasteiger partial charge is 0.452 e. The highest BCUT2D eigenvalue weighted by atomic mass is 16.6. The number of nitro groups is 1. The van der Waals surface area contributed by atoms with Crippen molar-refractivity contribution >= 4 is 29.2 Å². The predicted molar refractivity (Wildman–Crippen MR) is 97.9 cm³/mol. The maximum Gasteiger partial charge on any atom is 0.338 e. The zero-order valence-electron chi connectivity index (χ0n) is 15.0. The minimum Gasteiger partial charge on any atom is -0.452 e. The molecule has 1 saturated carbocycles. The molecule has 2 N–H and O–H groups in total. The van der Waals surface area contributed by atoms with Crippen LogP contribution >= 0.6 is 0 Å². The van der Waals surface area contributed by atoms with E-state index in [0.29, 0.717) is 5.69 Å². The number of nitrogens with one attached hydrogen (secondary N) is 2. The second-order valence-electron chi connectivity index (χ2n) is 6.37. The monoisotopic (exact) mass is 386 g/mol. The van der Waals surface area contributed by atoms with Crippen molar-refractivity contribution in [2.75, 3.05) is 11.9 Å². The molecule has 3 rings (SSSR count). The predicted octanol–water partition coefficient (Wildman–Crippen LogP) is 1.62. The van der Waals surface area contributed by atoms with Gasteiger partial charge in [0.1, 0.15) is 11.4 Å². The second kappa shape index (κ2) is 7.91. The van der Waals surface area contributed by atoms with E-state index in [4.69, 9.17) is 4.74 Å². The summed E-state index contributed by atoms with van der Waals surface area (Å²) in [7, 11) is 1.65. The molecule has 0 unspecified atom stereocenters. The molecular weight excluding hydrogens is 368 g/mol. The van der Waals surface area contributed by atoms with Gasteiger partial charge in [0.05, 0.1) is 10.5 Å². The van der Waals surface area contributed by atoms with Crippen LogP contribution in [-0.2, 0) is 16.6 Å². The van der Waals surface area contributed by atoms with E-state index >= 15 is 0 Å². The smallest absolute Gasteiger partial charge is 0.338 e. The Kier molecular flexibility index (Phi) is 5.39. The van der Waals surface area contributed by atoms with Crippen LogP contribution in [0.3, 0.4) is 0 Å². The summed E-state index contributed by atoms with van der Waals surface area (Å²) < 4.78 is 6.39. The number of amides is 2. The highest BCUT2D eigenvalue weighted by Crippen LogP contribution is 2.31. The van der Waals surface area contributed by atoms with Gasteiger partial charge in [0.25, 0.3) is 17.5 Å². The molecule has 2 aromatic rings. The van der Waals surface area contributed by atoms with Crippen molar-refractivity contribution < 1.29 is 24.0 Å².